The summed E-state index contributed by atoms with van der Waals surface area (Å²) in [6.07, 6.45) is 52.8. The number of aliphatic hydroxyl groups excluding tert-OH is 1. The van der Waals surface area contributed by atoms with Crippen LogP contribution in [0.4, 0.5) is 0 Å². The molecule has 0 spiro atoms. The molecule has 2 unspecified atom stereocenters. The number of hydrogen-bond acceptors (Lipinski definition) is 6. The third-order valence-corrected chi connectivity index (χ3v) is 10.6. The molecule has 59 heavy (non-hydrogen) atoms. The van der Waals surface area contributed by atoms with E-state index in [1.54, 1.807) is 0 Å². The second-order valence-electron chi connectivity index (χ2n) is 16.2. The molecule has 2 atom stereocenters. The van der Waals surface area contributed by atoms with E-state index in [0.717, 1.165) is 89.9 Å². The number of carboxylic acids is 1. The van der Waals surface area contributed by atoms with Gasteiger partial charge in [-0.1, -0.05) is 178 Å². The van der Waals surface area contributed by atoms with E-state index in [9.17, 15) is 19.2 Å². The van der Waals surface area contributed by atoms with Crippen LogP contribution < -0.4 is 10.6 Å². The number of rotatable bonds is 43. The lowest BCUT2D eigenvalue weighted by atomic mass is 10.0. The Hall–Kier alpha value is -3.20. The van der Waals surface area contributed by atoms with Crippen molar-refractivity contribution >= 4 is 23.8 Å². The van der Waals surface area contributed by atoms with Crippen molar-refractivity contribution in [2.45, 2.75) is 231 Å². The van der Waals surface area contributed by atoms with E-state index in [1.807, 2.05) is 0 Å². The Labute approximate surface area is 360 Å². The standard InChI is InChI=1S/C50H88N2O7/c1-3-5-7-9-11-13-15-17-18-19-20-21-22-23-25-27-29-34-38-42-49(56)59-45(39-35-31-28-26-24-16-14-12-10-8-6-4-2)40-36-32-30-33-37-41-47(54)51-43-48(55)52-46(44-53)50(57)58/h5,7,11,13,17-18,20-21,45-46,53H,3-4,6,8-10,12,14-16,19,22-44H2,1-2H3,(H,51,54)(H,52,55)(H,57,58)/b7-5-,13-11-,18-17-,21-20-. The fourth-order valence-corrected chi connectivity index (χ4v) is 6.94. The molecule has 0 aromatic heterocycles. The van der Waals surface area contributed by atoms with Crippen molar-refractivity contribution in [2.75, 3.05) is 13.2 Å². The van der Waals surface area contributed by atoms with Crippen molar-refractivity contribution < 1.29 is 34.1 Å². The zero-order valence-electron chi connectivity index (χ0n) is 37.8. The highest BCUT2D eigenvalue weighted by atomic mass is 16.5. The lowest BCUT2D eigenvalue weighted by Crippen LogP contribution is -2.47. The quantitative estimate of drug-likeness (QED) is 0.0272. The molecule has 2 amide bonds. The maximum Gasteiger partial charge on any atom is 0.328 e. The molecular formula is C50H88N2O7. The summed E-state index contributed by atoms with van der Waals surface area (Å²) >= 11 is 0. The van der Waals surface area contributed by atoms with Crippen LogP contribution in [0.5, 0.6) is 0 Å². The molecule has 0 radical (unpaired) electrons. The van der Waals surface area contributed by atoms with Gasteiger partial charge in [0.25, 0.3) is 0 Å². The average Bonchev–Trinajstić information content (AvgIpc) is 3.22. The fourth-order valence-electron chi connectivity index (χ4n) is 6.94. The number of hydrogen-bond donors (Lipinski definition) is 4. The first-order valence-electron chi connectivity index (χ1n) is 24.0. The fraction of sp³-hybridized carbons (Fsp3) is 0.760. The van der Waals surface area contributed by atoms with Crippen molar-refractivity contribution in [3.05, 3.63) is 48.6 Å². The number of amides is 2. The van der Waals surface area contributed by atoms with E-state index in [2.05, 4.69) is 73.1 Å². The molecule has 0 saturated carbocycles. The third-order valence-electron chi connectivity index (χ3n) is 10.6. The van der Waals surface area contributed by atoms with E-state index >= 15 is 0 Å². The van der Waals surface area contributed by atoms with E-state index in [4.69, 9.17) is 14.9 Å². The number of unbranched alkanes of at least 4 members (excludes halogenated alkanes) is 21. The number of allylic oxidation sites excluding steroid dienone is 8. The first-order chi connectivity index (χ1) is 28.8. The molecule has 0 fully saturated rings. The van der Waals surface area contributed by atoms with Crippen molar-refractivity contribution in [3.8, 4) is 0 Å². The molecule has 0 aliphatic rings. The molecule has 0 rings (SSSR count). The normalized spacial score (nSPS) is 12.9. The summed E-state index contributed by atoms with van der Waals surface area (Å²) in [5, 5.41) is 22.6. The van der Waals surface area contributed by atoms with Gasteiger partial charge in [0, 0.05) is 12.8 Å². The number of aliphatic carboxylic acids is 1. The van der Waals surface area contributed by atoms with Gasteiger partial charge in [-0.2, -0.15) is 0 Å². The van der Waals surface area contributed by atoms with E-state index < -0.39 is 24.5 Å². The zero-order valence-corrected chi connectivity index (χ0v) is 37.8. The van der Waals surface area contributed by atoms with Gasteiger partial charge in [-0.25, -0.2) is 4.79 Å². The molecule has 0 aromatic rings. The van der Waals surface area contributed by atoms with Crippen LogP contribution in [0.2, 0.25) is 0 Å². The smallest absolute Gasteiger partial charge is 0.328 e. The number of carbonyl (C=O) groups excluding carboxylic acids is 3. The topological polar surface area (TPSA) is 142 Å². The number of aliphatic hydroxyl groups is 1. The van der Waals surface area contributed by atoms with Crippen LogP contribution >= 0.6 is 0 Å². The first-order valence-corrected chi connectivity index (χ1v) is 24.0. The molecule has 4 N–H and O–H groups in total. The molecule has 0 aliphatic heterocycles. The Bertz CT molecular complexity index is 1130. The second kappa shape index (κ2) is 44.4. The van der Waals surface area contributed by atoms with Crippen molar-refractivity contribution in [1.82, 2.24) is 10.6 Å². The van der Waals surface area contributed by atoms with Crippen molar-refractivity contribution in [3.63, 3.8) is 0 Å². The average molecular weight is 829 g/mol. The predicted molar refractivity (Wildman–Crippen MR) is 245 cm³/mol. The molecule has 0 aliphatic carbocycles. The number of esters is 1. The minimum atomic E-state index is -1.38. The number of ether oxygens (including phenoxy) is 1. The van der Waals surface area contributed by atoms with Gasteiger partial charge in [-0.05, 0) is 77.0 Å². The van der Waals surface area contributed by atoms with Gasteiger partial charge in [0.2, 0.25) is 11.8 Å². The summed E-state index contributed by atoms with van der Waals surface area (Å²) in [4.78, 5) is 47.7. The summed E-state index contributed by atoms with van der Waals surface area (Å²) < 4.78 is 6.05. The summed E-state index contributed by atoms with van der Waals surface area (Å²) in [6.45, 7) is 3.38. The van der Waals surface area contributed by atoms with Gasteiger partial charge in [-0.15, -0.1) is 0 Å². The highest BCUT2D eigenvalue weighted by molar-refractivity contribution is 5.87. The maximum atomic E-state index is 12.8. The third kappa shape index (κ3) is 41.3. The molecule has 0 heterocycles. The summed E-state index contributed by atoms with van der Waals surface area (Å²) in [7, 11) is 0. The Morgan fingerprint density at radius 2 is 0.966 bits per heavy atom. The van der Waals surface area contributed by atoms with Gasteiger partial charge in [-0.3, -0.25) is 14.4 Å². The van der Waals surface area contributed by atoms with Gasteiger partial charge in [0.15, 0.2) is 0 Å². The van der Waals surface area contributed by atoms with Gasteiger partial charge < -0.3 is 25.6 Å². The second-order valence-corrected chi connectivity index (χ2v) is 16.2. The predicted octanol–water partition coefficient (Wildman–Crippen LogP) is 12.3. The molecule has 0 aromatic carbocycles. The molecule has 340 valence electrons. The Kier molecular flexibility index (Phi) is 41.9. The molecular weight excluding hydrogens is 741 g/mol. The van der Waals surface area contributed by atoms with E-state index in [-0.39, 0.29) is 24.5 Å². The lowest BCUT2D eigenvalue weighted by Gasteiger charge is -2.18. The monoisotopic (exact) mass is 829 g/mol. The largest absolute Gasteiger partial charge is 0.480 e. The van der Waals surface area contributed by atoms with Crippen LogP contribution in [0.3, 0.4) is 0 Å². The molecule has 0 bridgehead atoms. The summed E-state index contributed by atoms with van der Waals surface area (Å²) in [5.74, 6) is -2.30. The summed E-state index contributed by atoms with van der Waals surface area (Å²) in [5.41, 5.74) is 0. The van der Waals surface area contributed by atoms with E-state index in [1.165, 1.54) is 96.3 Å². The highest BCUT2D eigenvalue weighted by Crippen LogP contribution is 2.19. The van der Waals surface area contributed by atoms with Crippen LogP contribution in [0.15, 0.2) is 48.6 Å². The molecule has 0 saturated heterocycles. The minimum Gasteiger partial charge on any atom is -0.480 e. The van der Waals surface area contributed by atoms with Crippen LogP contribution in [0, 0.1) is 0 Å². The maximum absolute atomic E-state index is 12.8. The van der Waals surface area contributed by atoms with Crippen LogP contribution in [-0.2, 0) is 23.9 Å². The highest BCUT2D eigenvalue weighted by Gasteiger charge is 2.19. The van der Waals surface area contributed by atoms with Crippen LogP contribution in [-0.4, -0.2) is 59.3 Å². The number of nitrogens with one attached hydrogen (secondary N) is 2. The van der Waals surface area contributed by atoms with Crippen LogP contribution in [0.1, 0.15) is 219 Å². The van der Waals surface area contributed by atoms with Crippen molar-refractivity contribution in [2.24, 2.45) is 0 Å². The van der Waals surface area contributed by atoms with Gasteiger partial charge in [0.05, 0.1) is 13.2 Å². The Morgan fingerprint density at radius 3 is 1.46 bits per heavy atom. The zero-order chi connectivity index (χ0) is 43.3. The number of carbonyl (C=O) groups is 4. The Morgan fingerprint density at radius 1 is 0.525 bits per heavy atom. The van der Waals surface area contributed by atoms with Crippen LogP contribution in [0.25, 0.3) is 0 Å². The molecule has 9 heteroatoms. The first kappa shape index (κ1) is 55.8. The SMILES string of the molecule is CC/C=C\C/C=C\C/C=C\C/C=C\CCCCCCCCC(=O)OC(CCCCCCCCCCCCCC)CCCCCCCC(=O)NCC(=O)NC(CO)C(=O)O. The minimum absolute atomic E-state index is 0.0209. The summed E-state index contributed by atoms with van der Waals surface area (Å²) in [6, 6.07) is -1.38. The lowest BCUT2D eigenvalue weighted by molar-refractivity contribution is -0.150. The molecule has 9 nitrogen and oxygen atoms in total. The number of carboxylic acid groups (broad SMARTS) is 1. The van der Waals surface area contributed by atoms with E-state index in [0.29, 0.717) is 19.3 Å². The van der Waals surface area contributed by atoms with Gasteiger partial charge >= 0.3 is 11.9 Å². The van der Waals surface area contributed by atoms with Crippen molar-refractivity contribution in [1.29, 1.82) is 0 Å². The van der Waals surface area contributed by atoms with Gasteiger partial charge in [0.1, 0.15) is 12.1 Å². The Balaban J connectivity index is 4.30.